The third-order valence-corrected chi connectivity index (χ3v) is 5.41. The predicted octanol–water partition coefficient (Wildman–Crippen LogP) is 5.96. The Morgan fingerprint density at radius 1 is 1.03 bits per heavy atom. The van der Waals surface area contributed by atoms with E-state index in [4.69, 9.17) is 32.7 Å². The average Bonchev–Trinajstić information content (AvgIpc) is 2.82. The van der Waals surface area contributed by atoms with E-state index in [9.17, 15) is 4.79 Å². The molecule has 0 atom stereocenters. The number of aromatic nitrogens is 1. The molecule has 4 rings (SSSR count). The number of para-hydroxylation sites is 1. The fourth-order valence-electron chi connectivity index (χ4n) is 3.30. The molecule has 0 saturated heterocycles. The highest BCUT2D eigenvalue weighted by Crippen LogP contribution is 2.34. The Morgan fingerprint density at radius 2 is 1.79 bits per heavy atom. The summed E-state index contributed by atoms with van der Waals surface area (Å²) in [5.74, 6) is 0.500. The van der Waals surface area contributed by atoms with E-state index in [-0.39, 0.29) is 6.61 Å². The molecule has 8 heteroatoms. The third-order valence-electron chi connectivity index (χ3n) is 4.84. The standard InChI is InChI=1S/C26H21Cl2N3O3/c1-17-5-2-6-18(11-17)15-34-26-21(27)12-19(13-22(26)28)14-30-31-24(32)16-33-23-9-3-7-20-8-4-10-29-25(20)23/h2-14H,15-16H2,1H3,(H,31,32)/b30-14+. The molecular formula is C26H21Cl2N3O3. The van der Waals surface area contributed by atoms with Crippen molar-refractivity contribution in [2.45, 2.75) is 13.5 Å². The first-order valence-corrected chi connectivity index (χ1v) is 11.2. The van der Waals surface area contributed by atoms with Crippen LogP contribution in [-0.2, 0) is 11.4 Å². The Balaban J connectivity index is 1.32. The lowest BCUT2D eigenvalue weighted by molar-refractivity contribution is -0.123. The molecule has 1 aromatic heterocycles. The molecule has 172 valence electrons. The van der Waals surface area contributed by atoms with Gasteiger partial charge in [0.15, 0.2) is 12.4 Å². The van der Waals surface area contributed by atoms with Crippen LogP contribution in [0.4, 0.5) is 0 Å². The van der Waals surface area contributed by atoms with Crippen LogP contribution in [0, 0.1) is 6.92 Å². The van der Waals surface area contributed by atoms with Crippen LogP contribution in [0.2, 0.25) is 10.0 Å². The molecule has 0 bridgehead atoms. The quantitative estimate of drug-likeness (QED) is 0.242. The van der Waals surface area contributed by atoms with E-state index in [1.165, 1.54) is 6.21 Å². The van der Waals surface area contributed by atoms with Crippen LogP contribution in [0.5, 0.6) is 11.5 Å². The van der Waals surface area contributed by atoms with E-state index in [2.05, 4.69) is 15.5 Å². The Kier molecular flexibility index (Phi) is 7.62. The van der Waals surface area contributed by atoms with Crippen molar-refractivity contribution < 1.29 is 14.3 Å². The lowest BCUT2D eigenvalue weighted by Gasteiger charge is -2.11. The normalized spacial score (nSPS) is 11.0. The molecule has 1 amide bonds. The van der Waals surface area contributed by atoms with Gasteiger partial charge in [0.1, 0.15) is 17.9 Å². The number of nitrogens with one attached hydrogen (secondary N) is 1. The lowest BCUT2D eigenvalue weighted by atomic mass is 10.1. The zero-order valence-electron chi connectivity index (χ0n) is 18.3. The second-order valence-corrected chi connectivity index (χ2v) is 8.32. The van der Waals surface area contributed by atoms with Gasteiger partial charge >= 0.3 is 0 Å². The van der Waals surface area contributed by atoms with Crippen LogP contribution >= 0.6 is 23.2 Å². The Labute approximate surface area is 207 Å². The van der Waals surface area contributed by atoms with Crippen LogP contribution in [0.1, 0.15) is 16.7 Å². The maximum atomic E-state index is 12.1. The van der Waals surface area contributed by atoms with E-state index in [0.717, 1.165) is 16.5 Å². The van der Waals surface area contributed by atoms with Gasteiger partial charge in [-0.25, -0.2) is 5.43 Å². The van der Waals surface area contributed by atoms with E-state index >= 15 is 0 Å². The summed E-state index contributed by atoms with van der Waals surface area (Å²) in [5.41, 5.74) is 5.88. The molecule has 0 radical (unpaired) electrons. The largest absolute Gasteiger partial charge is 0.486 e. The summed E-state index contributed by atoms with van der Waals surface area (Å²) >= 11 is 12.7. The number of benzene rings is 3. The van der Waals surface area contributed by atoms with Gasteiger partial charge in [0, 0.05) is 11.6 Å². The number of ether oxygens (including phenoxy) is 2. The van der Waals surface area contributed by atoms with Gasteiger partial charge in [0.05, 0.1) is 16.3 Å². The average molecular weight is 494 g/mol. The maximum absolute atomic E-state index is 12.1. The first-order valence-electron chi connectivity index (χ1n) is 10.5. The van der Waals surface area contributed by atoms with Crippen LogP contribution in [0.25, 0.3) is 10.9 Å². The number of pyridine rings is 1. The second kappa shape index (κ2) is 11.0. The first-order chi connectivity index (χ1) is 16.5. The van der Waals surface area contributed by atoms with E-state index in [0.29, 0.717) is 39.2 Å². The van der Waals surface area contributed by atoms with Gasteiger partial charge in [0.2, 0.25) is 0 Å². The highest BCUT2D eigenvalue weighted by atomic mass is 35.5. The predicted molar refractivity (Wildman–Crippen MR) is 135 cm³/mol. The van der Waals surface area contributed by atoms with Gasteiger partial charge in [-0.1, -0.05) is 71.2 Å². The van der Waals surface area contributed by atoms with Gasteiger partial charge in [-0.05, 0) is 42.3 Å². The Morgan fingerprint density at radius 3 is 2.59 bits per heavy atom. The molecule has 1 heterocycles. The van der Waals surface area contributed by atoms with Crippen LogP contribution in [0.3, 0.4) is 0 Å². The minimum absolute atomic E-state index is 0.208. The van der Waals surface area contributed by atoms with Crippen molar-refractivity contribution in [3.05, 3.63) is 99.7 Å². The monoisotopic (exact) mass is 493 g/mol. The fraction of sp³-hybridized carbons (Fsp3) is 0.115. The first kappa shape index (κ1) is 23.5. The van der Waals surface area contributed by atoms with Gasteiger partial charge in [-0.2, -0.15) is 5.10 Å². The van der Waals surface area contributed by atoms with Crippen molar-refractivity contribution in [2.75, 3.05) is 6.61 Å². The fourth-order valence-corrected chi connectivity index (χ4v) is 3.91. The van der Waals surface area contributed by atoms with Crippen LogP contribution in [-0.4, -0.2) is 23.7 Å². The molecule has 0 aliphatic heterocycles. The number of halogens is 2. The topological polar surface area (TPSA) is 72.8 Å². The molecule has 0 saturated carbocycles. The van der Waals surface area contributed by atoms with Crippen molar-refractivity contribution >= 4 is 46.2 Å². The highest BCUT2D eigenvalue weighted by molar-refractivity contribution is 6.37. The second-order valence-electron chi connectivity index (χ2n) is 7.50. The van der Waals surface area contributed by atoms with Crippen molar-refractivity contribution in [1.29, 1.82) is 0 Å². The summed E-state index contributed by atoms with van der Waals surface area (Å²) in [6.07, 6.45) is 3.12. The smallest absolute Gasteiger partial charge is 0.277 e. The molecule has 3 aromatic carbocycles. The summed E-state index contributed by atoms with van der Waals surface area (Å²) < 4.78 is 11.4. The number of amides is 1. The summed E-state index contributed by atoms with van der Waals surface area (Å²) in [5, 5.41) is 5.58. The minimum atomic E-state index is -0.417. The molecule has 6 nitrogen and oxygen atoms in total. The van der Waals surface area contributed by atoms with Crippen LogP contribution < -0.4 is 14.9 Å². The molecular weight excluding hydrogens is 473 g/mol. The van der Waals surface area contributed by atoms with E-state index in [1.54, 1.807) is 24.4 Å². The van der Waals surface area contributed by atoms with Crippen molar-refractivity contribution in [1.82, 2.24) is 10.4 Å². The van der Waals surface area contributed by atoms with Gasteiger partial charge in [-0.15, -0.1) is 0 Å². The van der Waals surface area contributed by atoms with Gasteiger partial charge in [0.25, 0.3) is 5.91 Å². The molecule has 0 aliphatic rings. The Bertz CT molecular complexity index is 1330. The SMILES string of the molecule is Cc1cccc(COc2c(Cl)cc(/C=N/NC(=O)COc3cccc4cccnc34)cc2Cl)c1. The van der Waals surface area contributed by atoms with E-state index < -0.39 is 5.91 Å². The summed E-state index contributed by atoms with van der Waals surface area (Å²) in [4.78, 5) is 16.4. The molecule has 0 unspecified atom stereocenters. The zero-order chi connectivity index (χ0) is 23.9. The molecule has 0 fully saturated rings. The van der Waals surface area contributed by atoms with Crippen molar-refractivity contribution in [2.24, 2.45) is 5.10 Å². The summed E-state index contributed by atoms with van der Waals surface area (Å²) in [6, 6.07) is 20.6. The number of hydrazone groups is 1. The highest BCUT2D eigenvalue weighted by Gasteiger charge is 2.10. The lowest BCUT2D eigenvalue weighted by Crippen LogP contribution is -2.24. The number of nitrogens with zero attached hydrogens (tertiary/aromatic N) is 2. The van der Waals surface area contributed by atoms with Gasteiger partial charge in [-0.3, -0.25) is 9.78 Å². The van der Waals surface area contributed by atoms with Gasteiger partial charge < -0.3 is 9.47 Å². The Hall–Kier alpha value is -3.61. The number of fused-ring (bicyclic) bond motifs is 1. The summed E-state index contributed by atoms with van der Waals surface area (Å²) in [7, 11) is 0. The number of hydrogen-bond acceptors (Lipinski definition) is 5. The molecule has 4 aromatic rings. The van der Waals surface area contributed by atoms with Crippen molar-refractivity contribution in [3.8, 4) is 11.5 Å². The van der Waals surface area contributed by atoms with Crippen molar-refractivity contribution in [3.63, 3.8) is 0 Å². The summed E-state index contributed by atoms with van der Waals surface area (Å²) in [6.45, 7) is 2.15. The molecule has 34 heavy (non-hydrogen) atoms. The number of carbonyl (C=O) groups is 1. The minimum Gasteiger partial charge on any atom is -0.486 e. The molecule has 0 aliphatic carbocycles. The zero-order valence-corrected chi connectivity index (χ0v) is 19.8. The maximum Gasteiger partial charge on any atom is 0.277 e. The molecule has 0 spiro atoms. The van der Waals surface area contributed by atoms with Crippen LogP contribution in [0.15, 0.2) is 78.0 Å². The molecule has 1 N–H and O–H groups in total. The third kappa shape index (κ3) is 6.04. The van der Waals surface area contributed by atoms with E-state index in [1.807, 2.05) is 55.5 Å². The number of aryl methyl sites for hydroxylation is 1. The number of hydrogen-bond donors (Lipinski definition) is 1. The number of rotatable bonds is 8. The number of carbonyl (C=O) groups excluding carboxylic acids is 1.